The first-order valence-electron chi connectivity index (χ1n) is 4.09. The monoisotopic (exact) mass is 180 g/mol. The van der Waals surface area contributed by atoms with Gasteiger partial charge in [-0.15, -0.1) is 0 Å². The van der Waals surface area contributed by atoms with Crippen LogP contribution >= 0.6 is 0 Å². The van der Waals surface area contributed by atoms with Crippen molar-refractivity contribution < 1.29 is 9.90 Å². The highest BCUT2D eigenvalue weighted by molar-refractivity contribution is 5.78. The molecule has 4 nitrogen and oxygen atoms in total. The Balaban J connectivity index is 2.37. The topological polar surface area (TPSA) is 62.2 Å². The summed E-state index contributed by atoms with van der Waals surface area (Å²) < 4.78 is 0. The lowest BCUT2D eigenvalue weighted by molar-refractivity contribution is -0.120. The number of nitrogens with zero attached hydrogens (tertiary/aromatic N) is 1. The van der Waals surface area contributed by atoms with Gasteiger partial charge >= 0.3 is 0 Å². The van der Waals surface area contributed by atoms with Crippen LogP contribution in [0.1, 0.15) is 5.56 Å². The third kappa shape index (κ3) is 3.66. The molecule has 0 fully saturated rings. The molecule has 0 aliphatic heterocycles. The number of carbonyl (C=O) groups is 1. The fourth-order valence-corrected chi connectivity index (χ4v) is 0.944. The molecule has 0 unspecified atom stereocenters. The second kappa shape index (κ2) is 5.27. The molecule has 1 heterocycles. The molecule has 2 N–H and O–H groups in total. The van der Waals surface area contributed by atoms with Crippen molar-refractivity contribution in [3.05, 3.63) is 30.1 Å². The molecule has 0 aliphatic rings. The van der Waals surface area contributed by atoms with Gasteiger partial charge in [-0.3, -0.25) is 9.78 Å². The summed E-state index contributed by atoms with van der Waals surface area (Å²) >= 11 is 0. The van der Waals surface area contributed by atoms with Gasteiger partial charge < -0.3 is 10.4 Å². The van der Waals surface area contributed by atoms with E-state index in [1.54, 1.807) is 24.5 Å². The van der Waals surface area contributed by atoms with Crippen molar-refractivity contribution in [2.75, 3.05) is 13.2 Å². The maximum atomic E-state index is 11.1. The molecule has 4 heteroatoms. The van der Waals surface area contributed by atoms with E-state index in [0.717, 1.165) is 5.56 Å². The van der Waals surface area contributed by atoms with Crippen LogP contribution in [0, 0.1) is 0 Å². The lowest BCUT2D eigenvalue weighted by Crippen LogP contribution is -2.27. The lowest BCUT2D eigenvalue weighted by atomic mass is 10.2. The van der Waals surface area contributed by atoms with Crippen LogP contribution in [-0.4, -0.2) is 29.1 Å². The fourth-order valence-electron chi connectivity index (χ4n) is 0.944. The minimum atomic E-state index is -0.0831. The number of hydrogen-bond acceptors (Lipinski definition) is 3. The molecule has 1 amide bonds. The van der Waals surface area contributed by atoms with E-state index in [4.69, 9.17) is 5.11 Å². The molecule has 0 saturated carbocycles. The minimum Gasteiger partial charge on any atom is -0.395 e. The largest absolute Gasteiger partial charge is 0.395 e. The molecule has 0 atom stereocenters. The van der Waals surface area contributed by atoms with Gasteiger partial charge in [0, 0.05) is 18.9 Å². The third-order valence-corrected chi connectivity index (χ3v) is 1.55. The molecule has 13 heavy (non-hydrogen) atoms. The first-order valence-corrected chi connectivity index (χ1v) is 4.09. The molecular formula is C9H12N2O2. The molecule has 70 valence electrons. The van der Waals surface area contributed by atoms with Gasteiger partial charge in [-0.1, -0.05) is 0 Å². The highest BCUT2D eigenvalue weighted by atomic mass is 16.3. The predicted molar refractivity (Wildman–Crippen MR) is 48.0 cm³/mol. The van der Waals surface area contributed by atoms with Crippen LogP contribution in [0.25, 0.3) is 0 Å². The van der Waals surface area contributed by atoms with Crippen LogP contribution in [0.2, 0.25) is 0 Å². The quantitative estimate of drug-likeness (QED) is 0.670. The molecule has 0 aromatic carbocycles. The average molecular weight is 180 g/mol. The number of hydrogen-bond donors (Lipinski definition) is 2. The van der Waals surface area contributed by atoms with Gasteiger partial charge in [0.25, 0.3) is 0 Å². The fraction of sp³-hybridized carbons (Fsp3) is 0.333. The van der Waals surface area contributed by atoms with E-state index in [9.17, 15) is 4.79 Å². The Kier molecular flexibility index (Phi) is 3.92. The molecule has 1 rings (SSSR count). The van der Waals surface area contributed by atoms with Crippen molar-refractivity contribution in [3.63, 3.8) is 0 Å². The SMILES string of the molecule is O=C(Cc1ccncc1)NCCO. The van der Waals surface area contributed by atoms with Crippen LogP contribution < -0.4 is 5.32 Å². The van der Waals surface area contributed by atoms with Crippen molar-refractivity contribution in [1.29, 1.82) is 0 Å². The number of nitrogens with one attached hydrogen (secondary N) is 1. The van der Waals surface area contributed by atoms with Gasteiger partial charge in [0.15, 0.2) is 0 Å². The van der Waals surface area contributed by atoms with Crippen molar-refractivity contribution in [2.45, 2.75) is 6.42 Å². The second-order valence-corrected chi connectivity index (χ2v) is 2.61. The van der Waals surface area contributed by atoms with E-state index in [2.05, 4.69) is 10.3 Å². The van der Waals surface area contributed by atoms with Crippen molar-refractivity contribution in [1.82, 2.24) is 10.3 Å². The van der Waals surface area contributed by atoms with Gasteiger partial charge in [-0.2, -0.15) is 0 Å². The van der Waals surface area contributed by atoms with Crippen LogP contribution in [0.4, 0.5) is 0 Å². The zero-order chi connectivity index (χ0) is 9.52. The number of carbonyl (C=O) groups excluding carboxylic acids is 1. The first kappa shape index (κ1) is 9.67. The van der Waals surface area contributed by atoms with E-state index in [-0.39, 0.29) is 12.5 Å². The van der Waals surface area contributed by atoms with Crippen LogP contribution in [0.3, 0.4) is 0 Å². The number of rotatable bonds is 4. The molecule has 1 aromatic rings. The van der Waals surface area contributed by atoms with Gasteiger partial charge in [-0.25, -0.2) is 0 Å². The predicted octanol–water partition coefficient (Wildman–Crippen LogP) is -0.267. The molecule has 1 aromatic heterocycles. The summed E-state index contributed by atoms with van der Waals surface area (Å²) in [6, 6.07) is 3.58. The van der Waals surface area contributed by atoms with Gasteiger partial charge in [0.05, 0.1) is 13.0 Å². The second-order valence-electron chi connectivity index (χ2n) is 2.61. The van der Waals surface area contributed by atoms with Crippen LogP contribution in [-0.2, 0) is 11.2 Å². The summed E-state index contributed by atoms with van der Waals surface area (Å²) in [6.07, 6.45) is 3.63. The summed E-state index contributed by atoms with van der Waals surface area (Å²) in [5.41, 5.74) is 0.922. The van der Waals surface area contributed by atoms with E-state index in [0.29, 0.717) is 13.0 Å². The molecule has 0 aliphatic carbocycles. The smallest absolute Gasteiger partial charge is 0.224 e. The van der Waals surface area contributed by atoms with E-state index in [1.807, 2.05) is 0 Å². The Morgan fingerprint density at radius 1 is 1.46 bits per heavy atom. The van der Waals surface area contributed by atoms with Gasteiger partial charge in [0.2, 0.25) is 5.91 Å². The van der Waals surface area contributed by atoms with Crippen LogP contribution in [0.15, 0.2) is 24.5 Å². The Hall–Kier alpha value is -1.42. The molecule has 0 saturated heterocycles. The first-order chi connectivity index (χ1) is 6.33. The molecule has 0 bridgehead atoms. The number of aromatic nitrogens is 1. The summed E-state index contributed by atoms with van der Waals surface area (Å²) in [5.74, 6) is -0.0831. The standard InChI is InChI=1S/C9H12N2O2/c12-6-5-11-9(13)7-8-1-3-10-4-2-8/h1-4,12H,5-7H2,(H,11,13). The summed E-state index contributed by atoms with van der Waals surface area (Å²) in [4.78, 5) is 15.0. The summed E-state index contributed by atoms with van der Waals surface area (Å²) in [5, 5.41) is 11.0. The minimum absolute atomic E-state index is 0.0257. The number of aliphatic hydroxyl groups is 1. The highest BCUT2D eigenvalue weighted by Gasteiger charge is 2.00. The van der Waals surface area contributed by atoms with Gasteiger partial charge in [-0.05, 0) is 17.7 Å². The Morgan fingerprint density at radius 2 is 2.15 bits per heavy atom. The zero-order valence-electron chi connectivity index (χ0n) is 7.23. The number of amides is 1. The number of pyridine rings is 1. The Bertz CT molecular complexity index is 262. The lowest BCUT2D eigenvalue weighted by Gasteiger charge is -2.02. The molecule has 0 radical (unpaired) electrons. The molecule has 0 spiro atoms. The summed E-state index contributed by atoms with van der Waals surface area (Å²) in [7, 11) is 0. The molecular weight excluding hydrogens is 168 g/mol. The maximum Gasteiger partial charge on any atom is 0.224 e. The van der Waals surface area contributed by atoms with Crippen molar-refractivity contribution in [2.24, 2.45) is 0 Å². The van der Waals surface area contributed by atoms with Crippen LogP contribution in [0.5, 0.6) is 0 Å². The maximum absolute atomic E-state index is 11.1. The Labute approximate surface area is 76.6 Å². The Morgan fingerprint density at radius 3 is 2.77 bits per heavy atom. The third-order valence-electron chi connectivity index (χ3n) is 1.55. The normalized spacial score (nSPS) is 9.62. The van der Waals surface area contributed by atoms with E-state index in [1.165, 1.54) is 0 Å². The average Bonchev–Trinajstić information content (AvgIpc) is 2.16. The van der Waals surface area contributed by atoms with Crippen molar-refractivity contribution >= 4 is 5.91 Å². The zero-order valence-corrected chi connectivity index (χ0v) is 7.23. The van der Waals surface area contributed by atoms with E-state index >= 15 is 0 Å². The van der Waals surface area contributed by atoms with E-state index < -0.39 is 0 Å². The highest BCUT2D eigenvalue weighted by Crippen LogP contribution is 1.96. The van der Waals surface area contributed by atoms with Crippen molar-refractivity contribution in [3.8, 4) is 0 Å². The number of aliphatic hydroxyl groups excluding tert-OH is 1. The summed E-state index contributed by atoms with van der Waals surface area (Å²) in [6.45, 7) is 0.284. The van der Waals surface area contributed by atoms with Gasteiger partial charge in [0.1, 0.15) is 0 Å².